The number of amides is 1. The number of nitrogens with one attached hydrogen (secondary N) is 2. The van der Waals surface area contributed by atoms with Crippen molar-refractivity contribution in [3.63, 3.8) is 0 Å². The number of ether oxygens (including phenoxy) is 1. The van der Waals surface area contributed by atoms with E-state index in [1.165, 1.54) is 6.07 Å². The highest BCUT2D eigenvalue weighted by Crippen LogP contribution is 2.68. The Morgan fingerprint density at radius 2 is 1.68 bits per heavy atom. The third kappa shape index (κ3) is 8.65. The fourth-order valence-electron chi connectivity index (χ4n) is 9.76. The van der Waals surface area contributed by atoms with Crippen LogP contribution in [0.15, 0.2) is 53.3 Å². The number of nitrogens with zero attached hydrogens (tertiary/aromatic N) is 7. The van der Waals surface area contributed by atoms with Crippen molar-refractivity contribution in [2.75, 3.05) is 22.7 Å². The number of carbonyl (C=O) groups excluding carboxylic acids is 1. The van der Waals surface area contributed by atoms with Crippen molar-refractivity contribution in [2.24, 2.45) is 5.92 Å². The zero-order valence-electron chi connectivity index (χ0n) is 36.2. The van der Waals surface area contributed by atoms with Crippen molar-refractivity contribution in [1.29, 1.82) is 0 Å². The van der Waals surface area contributed by atoms with Crippen molar-refractivity contribution in [3.05, 3.63) is 104 Å². The molecule has 2 saturated carbocycles. The summed E-state index contributed by atoms with van der Waals surface area (Å²) < 4.78 is 169. The van der Waals surface area contributed by atoms with E-state index in [4.69, 9.17) is 21.3 Å². The summed E-state index contributed by atoms with van der Waals surface area (Å²) >= 11 is 6.63. The monoisotopic (exact) mass is 1010 g/mol. The summed E-state index contributed by atoms with van der Waals surface area (Å²) in [6, 6.07) is 7.48. The van der Waals surface area contributed by atoms with Crippen molar-refractivity contribution in [3.8, 4) is 5.69 Å². The Kier molecular flexibility index (Phi) is 11.3. The lowest BCUT2D eigenvalue weighted by molar-refractivity contribution is -0.141. The SMILES string of the molecule is C[C@@H]1CN(c2ccc3c(=O)n(-c4ccc(Cl)c5c(NS(=O)(=O)C6CC6)nn(CC(F)(F)F)c45)c([C@H](Cc4cc(F)cc(F)c4)NC(=O)Cn4nc(C(F)F)c5c4C(F)(F)[C@@H]4C[C@H]54)nc3c2)C[C@H](C)O1. The van der Waals surface area contributed by atoms with Gasteiger partial charge in [0, 0.05) is 42.7 Å². The van der Waals surface area contributed by atoms with Crippen molar-refractivity contribution >= 4 is 60.8 Å². The molecular formula is C44H39ClF9N9O5S. The van der Waals surface area contributed by atoms with E-state index in [-0.39, 0.29) is 63.9 Å². The van der Waals surface area contributed by atoms with Gasteiger partial charge in [-0.1, -0.05) is 11.6 Å². The molecule has 25 heteroatoms. The molecule has 0 unspecified atom stereocenters. The highest BCUT2D eigenvalue weighted by molar-refractivity contribution is 7.93. The summed E-state index contributed by atoms with van der Waals surface area (Å²) in [5, 5.41) is 8.64. The minimum absolute atomic E-state index is 0.0301. The van der Waals surface area contributed by atoms with Gasteiger partial charge < -0.3 is 15.0 Å². The maximum atomic E-state index is 15.6. The largest absolute Gasteiger partial charge is 0.408 e. The van der Waals surface area contributed by atoms with E-state index in [0.29, 0.717) is 34.2 Å². The first kappa shape index (κ1) is 46.8. The van der Waals surface area contributed by atoms with Gasteiger partial charge in [0.25, 0.3) is 17.9 Å². The maximum absolute atomic E-state index is 15.6. The minimum Gasteiger partial charge on any atom is -0.372 e. The molecule has 1 saturated heterocycles. The second-order valence-electron chi connectivity index (χ2n) is 18.0. The lowest BCUT2D eigenvalue weighted by Gasteiger charge is -2.37. The standard InChI is InChI=1S/C44H39ClF9N9O5S/c1-19-15-60(16-20(2)68-19)24-3-6-26-30(13-24)56-41(63(42(26)65)32-8-7-29(45)35-37(32)62(18-43(50,51)52)58-40(35)59-69(66,67)25-4-5-25)31(11-21-9-22(46)12-23(47)10-21)55-33(64)17-61-38-34(36(57-61)39(48)49)27-14-28(27)44(38,53)54/h3,6-10,12-13,19-20,25,27-28,31,39H,4-5,11,14-18H2,1-2H3,(H,55,64)(H,58,59)/t19-,20+,27-,28+,31-/m0/s1. The van der Waals surface area contributed by atoms with Crippen LogP contribution in [-0.4, -0.2) is 80.2 Å². The van der Waals surface area contributed by atoms with Gasteiger partial charge in [-0.05, 0) is 87.1 Å². The molecule has 4 heterocycles. The van der Waals surface area contributed by atoms with E-state index in [0.717, 1.165) is 28.8 Å². The fourth-order valence-corrected chi connectivity index (χ4v) is 11.3. The summed E-state index contributed by atoms with van der Waals surface area (Å²) in [5.74, 6) is -10.2. The number of benzene rings is 3. The Morgan fingerprint density at radius 3 is 2.33 bits per heavy atom. The first-order valence-electron chi connectivity index (χ1n) is 21.7. The molecule has 5 atom stereocenters. The number of morpholine rings is 1. The Morgan fingerprint density at radius 1 is 0.986 bits per heavy atom. The lowest BCUT2D eigenvalue weighted by atomic mass is 10.0. The molecule has 0 spiro atoms. The average Bonchev–Trinajstić information content (AvgIpc) is 4.17. The summed E-state index contributed by atoms with van der Waals surface area (Å²) in [4.78, 5) is 36.3. The molecule has 3 aromatic heterocycles. The van der Waals surface area contributed by atoms with Gasteiger partial charge in [-0.2, -0.15) is 32.1 Å². The molecule has 6 aromatic rings. The Bertz CT molecular complexity index is 3240. The van der Waals surface area contributed by atoms with Crippen LogP contribution in [0.3, 0.4) is 0 Å². The topological polar surface area (TPSA) is 158 Å². The first-order valence-corrected chi connectivity index (χ1v) is 23.7. The van der Waals surface area contributed by atoms with Crippen LogP contribution in [0, 0.1) is 17.6 Å². The number of hydrogen-bond acceptors (Lipinski definition) is 9. The fraction of sp³-hybridized carbons (Fsp3) is 0.432. The van der Waals surface area contributed by atoms with Gasteiger partial charge >= 0.3 is 6.18 Å². The summed E-state index contributed by atoms with van der Waals surface area (Å²) in [5.41, 5.74) is -3.69. The Labute approximate surface area is 390 Å². The molecule has 4 aliphatic rings. The van der Waals surface area contributed by atoms with Gasteiger partial charge in [-0.3, -0.25) is 28.2 Å². The van der Waals surface area contributed by atoms with Crippen LogP contribution in [0.5, 0.6) is 0 Å². The van der Waals surface area contributed by atoms with Crippen LogP contribution >= 0.6 is 11.6 Å². The molecule has 14 nitrogen and oxygen atoms in total. The molecule has 366 valence electrons. The molecule has 1 aliphatic heterocycles. The normalized spacial score (nSPS) is 21.5. The van der Waals surface area contributed by atoms with Gasteiger partial charge in [0.05, 0.1) is 56.0 Å². The summed E-state index contributed by atoms with van der Waals surface area (Å²) in [6.45, 7) is 1.60. The first-order chi connectivity index (χ1) is 32.5. The highest BCUT2D eigenvalue weighted by atomic mass is 35.5. The second-order valence-corrected chi connectivity index (χ2v) is 20.4. The van der Waals surface area contributed by atoms with Crippen LogP contribution in [0.4, 0.5) is 51.0 Å². The van der Waals surface area contributed by atoms with Crippen LogP contribution in [0.1, 0.15) is 79.8 Å². The predicted molar refractivity (Wildman–Crippen MR) is 232 cm³/mol. The zero-order valence-corrected chi connectivity index (χ0v) is 37.7. The predicted octanol–water partition coefficient (Wildman–Crippen LogP) is 8.19. The molecule has 10 rings (SSSR count). The highest BCUT2D eigenvalue weighted by Gasteiger charge is 2.67. The van der Waals surface area contributed by atoms with Crippen LogP contribution in [-0.2, 0) is 45.0 Å². The third-order valence-electron chi connectivity index (χ3n) is 12.7. The second kappa shape index (κ2) is 16.6. The summed E-state index contributed by atoms with van der Waals surface area (Å²) in [7, 11) is -4.19. The average molecular weight is 1010 g/mol. The molecular weight excluding hydrogens is 973 g/mol. The van der Waals surface area contributed by atoms with E-state index in [9.17, 15) is 43.9 Å². The van der Waals surface area contributed by atoms with Crippen LogP contribution in [0.2, 0.25) is 5.02 Å². The molecule has 2 N–H and O–H groups in total. The Hall–Kier alpha value is -5.88. The smallest absolute Gasteiger partial charge is 0.372 e. The van der Waals surface area contributed by atoms with Crippen LogP contribution < -0.4 is 20.5 Å². The lowest BCUT2D eigenvalue weighted by Crippen LogP contribution is -2.45. The quantitative estimate of drug-likeness (QED) is 0.109. The number of rotatable bonds is 13. The van der Waals surface area contributed by atoms with Gasteiger partial charge in [0.1, 0.15) is 41.9 Å². The van der Waals surface area contributed by atoms with Crippen molar-refractivity contribution < 1.29 is 57.5 Å². The van der Waals surface area contributed by atoms with E-state index >= 15 is 13.6 Å². The van der Waals surface area contributed by atoms with Crippen LogP contribution in [0.25, 0.3) is 27.5 Å². The summed E-state index contributed by atoms with van der Waals surface area (Å²) in [6.07, 6.45) is -8.87. The number of halogens is 10. The van der Waals surface area contributed by atoms with Gasteiger partial charge in [0.2, 0.25) is 15.9 Å². The number of fused-ring (bicyclic) bond motifs is 5. The number of sulfonamides is 1. The molecule has 1 amide bonds. The number of anilines is 2. The van der Waals surface area contributed by atoms with E-state index < -0.39 is 129 Å². The maximum Gasteiger partial charge on any atom is 0.408 e. The van der Waals surface area contributed by atoms with Gasteiger partial charge in [0.15, 0.2) is 5.82 Å². The number of alkyl halides is 7. The number of aromatic nitrogens is 6. The molecule has 0 bridgehead atoms. The molecule has 3 fully saturated rings. The number of hydrogen-bond donors (Lipinski definition) is 2. The van der Waals surface area contributed by atoms with Crippen molar-refractivity contribution in [2.45, 2.75) is 101 Å². The molecule has 3 aromatic carbocycles. The third-order valence-corrected chi connectivity index (χ3v) is 14.9. The van der Waals surface area contributed by atoms with Gasteiger partial charge in [-0.25, -0.2) is 31.0 Å². The molecule has 3 aliphatic carbocycles. The molecule has 69 heavy (non-hydrogen) atoms. The van der Waals surface area contributed by atoms with E-state index in [2.05, 4.69) is 20.2 Å². The zero-order chi connectivity index (χ0) is 49.2. The number of carbonyl (C=O) groups is 1. The van der Waals surface area contributed by atoms with E-state index in [1.807, 2.05) is 18.7 Å². The van der Waals surface area contributed by atoms with Crippen molar-refractivity contribution in [1.82, 2.24) is 34.4 Å². The van der Waals surface area contributed by atoms with E-state index in [1.54, 1.807) is 12.1 Å². The van der Waals surface area contributed by atoms with Gasteiger partial charge in [-0.15, -0.1) is 0 Å². The minimum atomic E-state index is -5.00. The molecule has 0 radical (unpaired) electrons. The Balaban J connectivity index is 1.19.